The van der Waals surface area contributed by atoms with Gasteiger partial charge in [-0.25, -0.2) is 0 Å². The lowest BCUT2D eigenvalue weighted by Crippen LogP contribution is -2.40. The number of amides is 3. The van der Waals surface area contributed by atoms with Crippen LogP contribution in [0.5, 0.6) is 0 Å². The molecule has 2 aromatic carbocycles. The van der Waals surface area contributed by atoms with Gasteiger partial charge in [-0.3, -0.25) is 14.4 Å². The van der Waals surface area contributed by atoms with E-state index in [-0.39, 0.29) is 30.2 Å². The predicted octanol–water partition coefficient (Wildman–Crippen LogP) is 2.87. The number of rotatable bonds is 7. The Bertz CT molecular complexity index is 1010. The molecule has 1 aliphatic carbocycles. The summed E-state index contributed by atoms with van der Waals surface area (Å²) in [4.78, 5) is 39.0. The molecule has 1 saturated carbocycles. The summed E-state index contributed by atoms with van der Waals surface area (Å²) in [5.74, 6) is -0.113. The van der Waals surface area contributed by atoms with Crippen LogP contribution in [-0.2, 0) is 14.3 Å². The molecule has 0 unspecified atom stereocenters. The van der Waals surface area contributed by atoms with Crippen molar-refractivity contribution in [1.29, 1.82) is 0 Å². The van der Waals surface area contributed by atoms with Gasteiger partial charge in [-0.1, -0.05) is 12.1 Å². The van der Waals surface area contributed by atoms with E-state index in [2.05, 4.69) is 16.0 Å². The van der Waals surface area contributed by atoms with E-state index in [9.17, 15) is 14.4 Å². The minimum absolute atomic E-state index is 0.0322. The van der Waals surface area contributed by atoms with E-state index >= 15 is 0 Å². The third-order valence-electron chi connectivity index (χ3n) is 5.67. The minimum atomic E-state index is -0.219. The number of morpholine rings is 1. The van der Waals surface area contributed by atoms with Crippen LogP contribution in [0.4, 0.5) is 17.1 Å². The molecule has 0 spiro atoms. The van der Waals surface area contributed by atoms with Crippen molar-refractivity contribution in [3.8, 4) is 0 Å². The van der Waals surface area contributed by atoms with Gasteiger partial charge in [0.25, 0.3) is 5.91 Å². The molecule has 1 aliphatic heterocycles. The smallest absolute Gasteiger partial charge is 0.254 e. The first kappa shape index (κ1) is 21.8. The van der Waals surface area contributed by atoms with Gasteiger partial charge in [0, 0.05) is 41.6 Å². The van der Waals surface area contributed by atoms with E-state index in [1.165, 1.54) is 0 Å². The Labute approximate surface area is 187 Å². The summed E-state index contributed by atoms with van der Waals surface area (Å²) in [5.41, 5.74) is 3.45. The van der Waals surface area contributed by atoms with Crippen LogP contribution in [0.15, 0.2) is 42.5 Å². The van der Waals surface area contributed by atoms with Crippen molar-refractivity contribution < 1.29 is 19.1 Å². The molecule has 4 rings (SSSR count). The Morgan fingerprint density at radius 1 is 1.00 bits per heavy atom. The molecular weight excluding hydrogens is 408 g/mol. The van der Waals surface area contributed by atoms with Crippen LogP contribution in [0.1, 0.15) is 28.8 Å². The fourth-order valence-corrected chi connectivity index (χ4v) is 3.57. The number of hydrogen-bond donors (Lipinski definition) is 3. The highest BCUT2D eigenvalue weighted by atomic mass is 16.5. The molecular formula is C24H28N4O4. The van der Waals surface area contributed by atoms with Crippen LogP contribution in [0, 0.1) is 12.8 Å². The maximum absolute atomic E-state index is 12.7. The first-order chi connectivity index (χ1) is 15.5. The maximum atomic E-state index is 12.7. The Kier molecular flexibility index (Phi) is 6.70. The van der Waals surface area contributed by atoms with E-state index in [1.807, 2.05) is 25.1 Å². The van der Waals surface area contributed by atoms with Gasteiger partial charge in [-0.15, -0.1) is 0 Å². The molecule has 8 nitrogen and oxygen atoms in total. The third-order valence-corrected chi connectivity index (χ3v) is 5.67. The number of ether oxygens (including phenoxy) is 1. The van der Waals surface area contributed by atoms with Crippen molar-refractivity contribution in [2.24, 2.45) is 5.92 Å². The molecule has 0 atom stereocenters. The first-order valence-corrected chi connectivity index (χ1v) is 10.9. The summed E-state index contributed by atoms with van der Waals surface area (Å²) in [7, 11) is 0. The SMILES string of the molecule is Cc1c(NC(=O)CNc2cccc(C(=O)N3CCOCC3)c2)cccc1NC(=O)C1CC1. The highest BCUT2D eigenvalue weighted by Crippen LogP contribution is 2.31. The molecule has 0 aromatic heterocycles. The Morgan fingerprint density at radius 3 is 2.41 bits per heavy atom. The Hall–Kier alpha value is -3.39. The average molecular weight is 437 g/mol. The van der Waals surface area contributed by atoms with Crippen molar-refractivity contribution in [2.45, 2.75) is 19.8 Å². The Morgan fingerprint density at radius 2 is 1.69 bits per heavy atom. The third kappa shape index (κ3) is 5.45. The topological polar surface area (TPSA) is 99.8 Å². The second-order valence-electron chi connectivity index (χ2n) is 8.13. The monoisotopic (exact) mass is 436 g/mol. The number of benzene rings is 2. The lowest BCUT2D eigenvalue weighted by Gasteiger charge is -2.27. The van der Waals surface area contributed by atoms with E-state index in [0.717, 1.165) is 18.4 Å². The number of nitrogens with zero attached hydrogens (tertiary/aromatic N) is 1. The number of hydrogen-bond acceptors (Lipinski definition) is 5. The van der Waals surface area contributed by atoms with E-state index in [0.29, 0.717) is 48.9 Å². The first-order valence-electron chi connectivity index (χ1n) is 10.9. The zero-order valence-corrected chi connectivity index (χ0v) is 18.1. The number of nitrogens with one attached hydrogen (secondary N) is 3. The molecule has 1 saturated heterocycles. The largest absolute Gasteiger partial charge is 0.378 e. The van der Waals surface area contributed by atoms with Gasteiger partial charge in [0.05, 0.1) is 19.8 Å². The standard InChI is InChI=1S/C24H28N4O4/c1-16-20(6-3-7-21(16)27-23(30)17-8-9-17)26-22(29)15-25-19-5-2-4-18(14-19)24(31)28-10-12-32-13-11-28/h2-7,14,17,25H,8-13,15H2,1H3,(H,26,29)(H,27,30). The number of carbonyl (C=O) groups excluding carboxylic acids is 3. The summed E-state index contributed by atoms with van der Waals surface area (Å²) in [6.07, 6.45) is 1.87. The molecule has 32 heavy (non-hydrogen) atoms. The molecule has 2 aromatic rings. The molecule has 0 bridgehead atoms. The molecule has 3 N–H and O–H groups in total. The summed E-state index contributed by atoms with van der Waals surface area (Å²) >= 11 is 0. The van der Waals surface area contributed by atoms with Gasteiger partial charge in [-0.05, 0) is 55.7 Å². The summed E-state index contributed by atoms with van der Waals surface area (Å²) in [5, 5.41) is 8.90. The summed E-state index contributed by atoms with van der Waals surface area (Å²) in [6, 6.07) is 12.6. The number of anilines is 3. The summed E-state index contributed by atoms with van der Waals surface area (Å²) in [6.45, 7) is 4.18. The fourth-order valence-electron chi connectivity index (χ4n) is 3.57. The van der Waals surface area contributed by atoms with Gasteiger partial charge in [0.15, 0.2) is 0 Å². The van der Waals surface area contributed by atoms with Crippen molar-refractivity contribution in [2.75, 3.05) is 48.8 Å². The zero-order chi connectivity index (χ0) is 22.5. The van der Waals surface area contributed by atoms with Crippen molar-refractivity contribution >= 4 is 34.8 Å². The molecule has 3 amide bonds. The highest BCUT2D eigenvalue weighted by Gasteiger charge is 2.29. The van der Waals surface area contributed by atoms with Gasteiger partial charge < -0.3 is 25.6 Å². The molecule has 8 heteroatoms. The Balaban J connectivity index is 1.33. The normalized spacial score (nSPS) is 15.7. The van der Waals surface area contributed by atoms with E-state index in [4.69, 9.17) is 4.74 Å². The van der Waals surface area contributed by atoms with Gasteiger partial charge in [0.1, 0.15) is 0 Å². The molecule has 1 heterocycles. The van der Waals surface area contributed by atoms with Crippen LogP contribution in [0.2, 0.25) is 0 Å². The van der Waals surface area contributed by atoms with Crippen LogP contribution in [0.3, 0.4) is 0 Å². The highest BCUT2D eigenvalue weighted by molar-refractivity contribution is 5.99. The lowest BCUT2D eigenvalue weighted by molar-refractivity contribution is -0.117. The van der Waals surface area contributed by atoms with Crippen LogP contribution in [-0.4, -0.2) is 55.5 Å². The van der Waals surface area contributed by atoms with Crippen LogP contribution >= 0.6 is 0 Å². The van der Waals surface area contributed by atoms with Gasteiger partial charge in [0.2, 0.25) is 11.8 Å². The minimum Gasteiger partial charge on any atom is -0.378 e. The van der Waals surface area contributed by atoms with Gasteiger partial charge in [-0.2, -0.15) is 0 Å². The molecule has 168 valence electrons. The van der Waals surface area contributed by atoms with Crippen molar-refractivity contribution in [3.63, 3.8) is 0 Å². The lowest BCUT2D eigenvalue weighted by atomic mass is 10.1. The van der Waals surface area contributed by atoms with E-state index < -0.39 is 0 Å². The average Bonchev–Trinajstić information content (AvgIpc) is 3.66. The van der Waals surface area contributed by atoms with E-state index in [1.54, 1.807) is 29.2 Å². The summed E-state index contributed by atoms with van der Waals surface area (Å²) < 4.78 is 5.30. The fraction of sp³-hybridized carbons (Fsp3) is 0.375. The van der Waals surface area contributed by atoms with Crippen LogP contribution in [0.25, 0.3) is 0 Å². The second kappa shape index (κ2) is 9.82. The second-order valence-corrected chi connectivity index (χ2v) is 8.13. The van der Waals surface area contributed by atoms with Gasteiger partial charge >= 0.3 is 0 Å². The zero-order valence-electron chi connectivity index (χ0n) is 18.1. The molecule has 2 aliphatic rings. The number of carbonyl (C=O) groups is 3. The molecule has 2 fully saturated rings. The quantitative estimate of drug-likeness (QED) is 0.620. The van der Waals surface area contributed by atoms with Crippen molar-refractivity contribution in [1.82, 2.24) is 4.90 Å². The van der Waals surface area contributed by atoms with Crippen LogP contribution < -0.4 is 16.0 Å². The maximum Gasteiger partial charge on any atom is 0.254 e. The predicted molar refractivity (Wildman–Crippen MR) is 123 cm³/mol. The molecule has 0 radical (unpaired) electrons. The van der Waals surface area contributed by atoms with Crippen molar-refractivity contribution in [3.05, 3.63) is 53.6 Å².